The van der Waals surface area contributed by atoms with Crippen LogP contribution < -0.4 is 5.32 Å². The Morgan fingerprint density at radius 2 is 2.13 bits per heavy atom. The molecule has 3 heterocycles. The Kier molecular flexibility index (Phi) is 3.61. The van der Waals surface area contributed by atoms with E-state index in [1.807, 2.05) is 0 Å². The maximum Gasteiger partial charge on any atom is 0.267 e. The Morgan fingerprint density at radius 3 is 2.78 bits per heavy atom. The van der Waals surface area contributed by atoms with Gasteiger partial charge < -0.3 is 10.4 Å². The van der Waals surface area contributed by atoms with E-state index in [9.17, 15) is 18.3 Å². The molecule has 0 aliphatic carbocycles. The predicted molar refractivity (Wildman–Crippen MR) is 86.4 cm³/mol. The highest BCUT2D eigenvalue weighted by atomic mass is 32.2. The lowest BCUT2D eigenvalue weighted by atomic mass is 10.2. The Bertz CT molecular complexity index is 917. The molecule has 0 atom stereocenters. The number of aliphatic hydroxyl groups is 1. The Hall–Kier alpha value is -2.39. The van der Waals surface area contributed by atoms with Crippen molar-refractivity contribution in [2.75, 3.05) is 12.4 Å². The second kappa shape index (κ2) is 5.36. The zero-order chi connectivity index (χ0) is 16.8. The SMILES string of the molecule is Cc1cc2c(s1)C(C(=O)Nc1ccccn1)=C(O)N(C)S2(=O)=O. The number of sulfonamides is 1. The minimum absolute atomic E-state index is 0.0199. The average Bonchev–Trinajstić information content (AvgIpc) is 2.89. The molecule has 0 bridgehead atoms. The van der Waals surface area contributed by atoms with Crippen molar-refractivity contribution in [2.24, 2.45) is 0 Å². The molecule has 0 saturated carbocycles. The number of fused-ring (bicyclic) bond motifs is 1. The van der Waals surface area contributed by atoms with Gasteiger partial charge in [-0.2, -0.15) is 0 Å². The van der Waals surface area contributed by atoms with Gasteiger partial charge in [-0.3, -0.25) is 4.79 Å². The van der Waals surface area contributed by atoms with Crippen LogP contribution in [0.4, 0.5) is 5.82 Å². The van der Waals surface area contributed by atoms with Gasteiger partial charge in [0.25, 0.3) is 15.9 Å². The summed E-state index contributed by atoms with van der Waals surface area (Å²) in [4.78, 5) is 17.5. The molecule has 0 spiro atoms. The highest BCUT2D eigenvalue weighted by molar-refractivity contribution is 7.89. The molecule has 2 N–H and O–H groups in total. The molecule has 1 aliphatic heterocycles. The first-order valence-electron chi connectivity index (χ1n) is 6.57. The summed E-state index contributed by atoms with van der Waals surface area (Å²) in [7, 11) is -2.65. The van der Waals surface area contributed by atoms with Gasteiger partial charge in [0, 0.05) is 18.1 Å². The Balaban J connectivity index is 2.10. The highest BCUT2D eigenvalue weighted by Crippen LogP contribution is 2.40. The number of anilines is 1. The van der Waals surface area contributed by atoms with Crippen molar-refractivity contribution in [3.8, 4) is 0 Å². The van der Waals surface area contributed by atoms with Crippen molar-refractivity contribution in [3.05, 3.63) is 46.1 Å². The lowest BCUT2D eigenvalue weighted by Crippen LogP contribution is -2.33. The number of nitrogens with zero attached hydrogens (tertiary/aromatic N) is 2. The fourth-order valence-corrected chi connectivity index (χ4v) is 4.93. The maximum absolute atomic E-state index is 12.5. The highest BCUT2D eigenvalue weighted by Gasteiger charge is 2.39. The number of hydrogen-bond acceptors (Lipinski definition) is 6. The van der Waals surface area contributed by atoms with Crippen LogP contribution in [0.15, 0.2) is 41.2 Å². The molecule has 0 unspecified atom stereocenters. The lowest BCUT2D eigenvalue weighted by Gasteiger charge is -2.25. The third kappa shape index (κ3) is 2.47. The zero-order valence-corrected chi connectivity index (χ0v) is 13.9. The maximum atomic E-state index is 12.5. The summed E-state index contributed by atoms with van der Waals surface area (Å²) in [6.45, 7) is 1.74. The smallest absolute Gasteiger partial charge is 0.267 e. The van der Waals surface area contributed by atoms with Gasteiger partial charge in [-0.1, -0.05) is 6.07 Å². The number of hydrogen-bond donors (Lipinski definition) is 2. The number of amides is 1. The van der Waals surface area contributed by atoms with Crippen LogP contribution in [-0.2, 0) is 14.8 Å². The van der Waals surface area contributed by atoms with Crippen molar-refractivity contribution in [1.82, 2.24) is 9.29 Å². The van der Waals surface area contributed by atoms with E-state index in [2.05, 4.69) is 10.3 Å². The number of carbonyl (C=O) groups excluding carboxylic acids is 1. The minimum Gasteiger partial charge on any atom is -0.493 e. The quantitative estimate of drug-likeness (QED) is 0.861. The second-order valence-electron chi connectivity index (χ2n) is 4.89. The first kappa shape index (κ1) is 15.5. The zero-order valence-electron chi connectivity index (χ0n) is 12.3. The normalized spacial score (nSPS) is 16.2. The van der Waals surface area contributed by atoms with Crippen LogP contribution in [0.25, 0.3) is 5.57 Å². The fourth-order valence-electron chi connectivity index (χ4n) is 2.20. The summed E-state index contributed by atoms with van der Waals surface area (Å²) in [5.41, 5.74) is -0.0823. The van der Waals surface area contributed by atoms with Gasteiger partial charge in [-0.25, -0.2) is 17.7 Å². The van der Waals surface area contributed by atoms with E-state index < -0.39 is 21.8 Å². The summed E-state index contributed by atoms with van der Waals surface area (Å²) in [5.74, 6) is -0.914. The largest absolute Gasteiger partial charge is 0.493 e. The Labute approximate surface area is 137 Å². The van der Waals surface area contributed by atoms with E-state index in [-0.39, 0.29) is 15.3 Å². The van der Waals surface area contributed by atoms with Gasteiger partial charge in [0.05, 0.1) is 4.88 Å². The van der Waals surface area contributed by atoms with Crippen molar-refractivity contribution in [2.45, 2.75) is 11.8 Å². The molecular weight excluding hydrogens is 338 g/mol. The van der Waals surface area contributed by atoms with Crippen LogP contribution in [0.5, 0.6) is 0 Å². The number of pyridine rings is 1. The standard InChI is InChI=1S/C14H13N3O4S2/c1-8-7-9-12(22-8)11(14(19)17(2)23(9,20)21)13(18)16-10-5-3-4-6-15-10/h3-7,19H,1-2H3,(H,15,16,18). The first-order valence-corrected chi connectivity index (χ1v) is 8.83. The van der Waals surface area contributed by atoms with Crippen LogP contribution in [0, 0.1) is 6.92 Å². The molecule has 0 fully saturated rings. The van der Waals surface area contributed by atoms with Gasteiger partial charge in [-0.05, 0) is 25.1 Å². The average molecular weight is 351 g/mol. The van der Waals surface area contributed by atoms with Crippen LogP contribution >= 0.6 is 11.3 Å². The van der Waals surface area contributed by atoms with Gasteiger partial charge in [-0.15, -0.1) is 11.3 Å². The number of aryl methyl sites for hydroxylation is 1. The summed E-state index contributed by atoms with van der Waals surface area (Å²) < 4.78 is 25.4. The topological polar surface area (TPSA) is 99.6 Å². The molecule has 0 aromatic carbocycles. The molecule has 7 nitrogen and oxygen atoms in total. The number of aliphatic hydroxyl groups excluding tert-OH is 1. The molecule has 0 saturated heterocycles. The summed E-state index contributed by atoms with van der Waals surface area (Å²) in [5, 5.41) is 12.8. The third-order valence-corrected chi connectivity index (χ3v) is 6.31. The van der Waals surface area contributed by atoms with Gasteiger partial charge in [0.1, 0.15) is 16.3 Å². The molecule has 2 aromatic heterocycles. The van der Waals surface area contributed by atoms with E-state index in [0.717, 1.165) is 16.2 Å². The van der Waals surface area contributed by atoms with Gasteiger partial charge in [0.2, 0.25) is 5.88 Å². The number of rotatable bonds is 2. The molecule has 3 rings (SSSR count). The molecule has 0 radical (unpaired) electrons. The van der Waals surface area contributed by atoms with E-state index in [1.54, 1.807) is 25.1 Å². The van der Waals surface area contributed by atoms with E-state index in [0.29, 0.717) is 10.1 Å². The summed E-state index contributed by atoms with van der Waals surface area (Å²) in [6.07, 6.45) is 1.52. The van der Waals surface area contributed by atoms with Crippen molar-refractivity contribution >= 4 is 38.7 Å². The molecule has 23 heavy (non-hydrogen) atoms. The Morgan fingerprint density at radius 1 is 1.39 bits per heavy atom. The summed E-state index contributed by atoms with van der Waals surface area (Å²) in [6, 6.07) is 6.49. The molecule has 120 valence electrons. The molecule has 2 aromatic rings. The summed E-state index contributed by atoms with van der Waals surface area (Å²) >= 11 is 1.14. The van der Waals surface area contributed by atoms with E-state index in [1.165, 1.54) is 19.3 Å². The van der Waals surface area contributed by atoms with Crippen LogP contribution in [-0.4, -0.2) is 35.8 Å². The van der Waals surface area contributed by atoms with Gasteiger partial charge in [0.15, 0.2) is 0 Å². The third-order valence-electron chi connectivity index (χ3n) is 3.34. The number of nitrogens with one attached hydrogen (secondary N) is 1. The van der Waals surface area contributed by atoms with Crippen LogP contribution in [0.1, 0.15) is 9.75 Å². The monoisotopic (exact) mass is 351 g/mol. The molecule has 9 heteroatoms. The fraction of sp³-hybridized carbons (Fsp3) is 0.143. The molecule has 1 aliphatic rings. The van der Waals surface area contributed by atoms with Crippen molar-refractivity contribution < 1.29 is 18.3 Å². The van der Waals surface area contributed by atoms with Gasteiger partial charge >= 0.3 is 0 Å². The number of carbonyl (C=O) groups is 1. The van der Waals surface area contributed by atoms with E-state index in [4.69, 9.17) is 0 Å². The minimum atomic E-state index is -3.85. The van der Waals surface area contributed by atoms with Crippen LogP contribution in [0.2, 0.25) is 0 Å². The van der Waals surface area contributed by atoms with Crippen LogP contribution in [0.3, 0.4) is 0 Å². The van der Waals surface area contributed by atoms with E-state index >= 15 is 0 Å². The van der Waals surface area contributed by atoms with Crippen molar-refractivity contribution in [3.63, 3.8) is 0 Å². The molecule has 1 amide bonds. The second-order valence-corrected chi connectivity index (χ2v) is 8.08. The lowest BCUT2D eigenvalue weighted by molar-refractivity contribution is -0.111. The number of aromatic nitrogens is 1. The predicted octanol–water partition coefficient (Wildman–Crippen LogP) is 1.95. The molecular formula is C14H13N3O4S2. The number of thiophene rings is 1. The first-order chi connectivity index (χ1) is 10.8. The van der Waals surface area contributed by atoms with Crippen molar-refractivity contribution in [1.29, 1.82) is 0 Å².